The molecule has 1 fully saturated rings. The molecule has 1 N–H and O–H groups in total. The topological polar surface area (TPSA) is 85.9 Å². The van der Waals surface area contributed by atoms with Crippen LogP contribution in [0.25, 0.3) is 0 Å². The molecule has 1 aromatic carbocycles. The van der Waals surface area contributed by atoms with Crippen molar-refractivity contribution in [3.63, 3.8) is 0 Å². The molecule has 0 atom stereocenters. The molecule has 0 aromatic heterocycles. The van der Waals surface area contributed by atoms with E-state index in [0.29, 0.717) is 30.0 Å². The van der Waals surface area contributed by atoms with Gasteiger partial charge in [-0.25, -0.2) is 0 Å². The number of Topliss-reactive ketones (excluding diaryl/α,β-unsaturated/α-hetero) is 1. The molecule has 2 rings (SSSR count). The lowest BCUT2D eigenvalue weighted by Gasteiger charge is -2.18. The number of morpholine rings is 1. The van der Waals surface area contributed by atoms with E-state index in [1.807, 2.05) is 12.1 Å². The number of carbonyl (C=O) groups excluding carboxylic acids is 1. The maximum atomic E-state index is 12.2. The normalized spacial score (nSPS) is 16.7. The number of ketones is 1. The van der Waals surface area contributed by atoms with E-state index in [1.54, 1.807) is 24.3 Å². The van der Waals surface area contributed by atoms with E-state index < -0.39 is 0 Å². The van der Waals surface area contributed by atoms with Crippen LogP contribution < -0.4 is 5.32 Å². The third kappa shape index (κ3) is 2.79. The third-order valence-corrected chi connectivity index (χ3v) is 2.75. The molecule has 0 unspecified atom stereocenters. The Balaban J connectivity index is 2.31. The molecule has 0 saturated carbocycles. The predicted molar refractivity (Wildman–Crippen MR) is 66.9 cm³/mol. The fraction of sp³-hybridized carbons (Fsp3) is 0.214. The zero-order valence-electron chi connectivity index (χ0n) is 10.1. The molecule has 19 heavy (non-hydrogen) atoms. The van der Waals surface area contributed by atoms with E-state index >= 15 is 0 Å². The van der Waals surface area contributed by atoms with E-state index in [1.165, 1.54) is 0 Å². The predicted octanol–water partition coefficient (Wildman–Crippen LogP) is 1.14. The van der Waals surface area contributed by atoms with Crippen LogP contribution in [-0.4, -0.2) is 25.5 Å². The molecule has 5 heteroatoms. The first-order chi connectivity index (χ1) is 9.26. The van der Waals surface area contributed by atoms with Gasteiger partial charge in [-0.2, -0.15) is 10.5 Å². The lowest BCUT2D eigenvalue weighted by molar-refractivity contribution is 0.102. The molecule has 1 heterocycles. The van der Waals surface area contributed by atoms with Crippen molar-refractivity contribution < 1.29 is 9.53 Å². The van der Waals surface area contributed by atoms with Crippen molar-refractivity contribution in [2.75, 3.05) is 19.8 Å². The maximum absolute atomic E-state index is 12.2. The number of nitrogens with one attached hydrogen (secondary N) is 1. The minimum absolute atomic E-state index is 0.0596. The zero-order valence-corrected chi connectivity index (χ0v) is 10.1. The molecule has 0 spiro atoms. The van der Waals surface area contributed by atoms with Crippen LogP contribution in [0.1, 0.15) is 15.9 Å². The number of nitrogens with zero attached hydrogens (tertiary/aromatic N) is 2. The van der Waals surface area contributed by atoms with Gasteiger partial charge in [0.1, 0.15) is 11.6 Å². The third-order valence-electron chi connectivity index (χ3n) is 2.75. The highest BCUT2D eigenvalue weighted by Gasteiger charge is 2.19. The maximum Gasteiger partial charge on any atom is 0.205 e. The van der Waals surface area contributed by atoms with E-state index in [-0.39, 0.29) is 18.0 Å². The van der Waals surface area contributed by atoms with Crippen LogP contribution in [0, 0.1) is 22.7 Å². The van der Waals surface area contributed by atoms with Crippen LogP contribution in [0.5, 0.6) is 0 Å². The molecule has 5 nitrogen and oxygen atoms in total. The van der Waals surface area contributed by atoms with E-state index in [2.05, 4.69) is 5.32 Å². The van der Waals surface area contributed by atoms with Crippen LogP contribution in [0.2, 0.25) is 0 Å². The number of ether oxygens (including phenoxy) is 1. The summed E-state index contributed by atoms with van der Waals surface area (Å²) in [4.78, 5) is 12.2. The average molecular weight is 253 g/mol. The summed E-state index contributed by atoms with van der Waals surface area (Å²) in [6, 6.07) is 10.1. The largest absolute Gasteiger partial charge is 0.383 e. The molecule has 94 valence electrons. The summed E-state index contributed by atoms with van der Waals surface area (Å²) < 4.78 is 5.22. The van der Waals surface area contributed by atoms with Crippen LogP contribution in [0.3, 0.4) is 0 Å². The molecule has 0 bridgehead atoms. The first-order valence-corrected chi connectivity index (χ1v) is 5.76. The van der Waals surface area contributed by atoms with Gasteiger partial charge < -0.3 is 10.1 Å². The number of nitriles is 2. The molecule has 0 radical (unpaired) electrons. The van der Waals surface area contributed by atoms with Gasteiger partial charge in [0.2, 0.25) is 5.78 Å². The first-order valence-electron chi connectivity index (χ1n) is 5.76. The van der Waals surface area contributed by atoms with Gasteiger partial charge in [0, 0.05) is 12.1 Å². The summed E-state index contributed by atoms with van der Waals surface area (Å²) in [6.07, 6.45) is 0. The van der Waals surface area contributed by atoms with Crippen molar-refractivity contribution in [3.8, 4) is 12.1 Å². The van der Waals surface area contributed by atoms with Gasteiger partial charge in [-0.1, -0.05) is 0 Å². The Labute approximate surface area is 110 Å². The van der Waals surface area contributed by atoms with Gasteiger partial charge in [-0.05, 0) is 24.3 Å². The molecule has 0 amide bonds. The van der Waals surface area contributed by atoms with Gasteiger partial charge in [-0.15, -0.1) is 0 Å². The Hall–Kier alpha value is -2.63. The Morgan fingerprint density at radius 2 is 2.00 bits per heavy atom. The average Bonchev–Trinajstić information content (AvgIpc) is 2.49. The Bertz CT molecular complexity index is 595. The second-order valence-electron chi connectivity index (χ2n) is 3.96. The second kappa shape index (κ2) is 5.81. The molecule has 1 aromatic rings. The SMILES string of the molecule is N#C/C(C(=O)c1ccc(C#N)cc1)=C1\COCCN1. The lowest BCUT2D eigenvalue weighted by Crippen LogP contribution is -2.31. The molecule has 1 aliphatic rings. The van der Waals surface area contributed by atoms with Gasteiger partial charge in [-0.3, -0.25) is 4.79 Å². The molecular formula is C14H11N3O2. The monoisotopic (exact) mass is 253 g/mol. The second-order valence-corrected chi connectivity index (χ2v) is 3.96. The number of hydrogen-bond acceptors (Lipinski definition) is 5. The fourth-order valence-electron chi connectivity index (χ4n) is 1.76. The Morgan fingerprint density at radius 1 is 1.26 bits per heavy atom. The summed E-state index contributed by atoms with van der Waals surface area (Å²) in [5, 5.41) is 20.8. The molecule has 0 aliphatic carbocycles. The minimum atomic E-state index is -0.361. The van der Waals surface area contributed by atoms with Crippen molar-refractivity contribution in [2.24, 2.45) is 0 Å². The van der Waals surface area contributed by atoms with Crippen molar-refractivity contribution in [1.29, 1.82) is 10.5 Å². The van der Waals surface area contributed by atoms with Crippen molar-refractivity contribution in [2.45, 2.75) is 0 Å². The minimum Gasteiger partial charge on any atom is -0.383 e. The first kappa shape index (κ1) is 12.8. The van der Waals surface area contributed by atoms with E-state index in [9.17, 15) is 4.79 Å². The standard InChI is InChI=1S/C14H11N3O2/c15-7-10-1-3-11(4-2-10)14(18)12(8-16)13-9-19-6-5-17-13/h1-4,17H,5-6,9H2/b13-12-. The van der Waals surface area contributed by atoms with E-state index in [4.69, 9.17) is 15.3 Å². The summed E-state index contributed by atoms with van der Waals surface area (Å²) in [5.41, 5.74) is 1.43. The number of rotatable bonds is 2. The van der Waals surface area contributed by atoms with Gasteiger partial charge in [0.25, 0.3) is 0 Å². The Kier molecular flexibility index (Phi) is 3.92. The summed E-state index contributed by atoms with van der Waals surface area (Å²) in [7, 11) is 0. The van der Waals surface area contributed by atoms with Crippen molar-refractivity contribution in [3.05, 3.63) is 46.7 Å². The van der Waals surface area contributed by atoms with Gasteiger partial charge in [0.05, 0.1) is 30.5 Å². The molecular weight excluding hydrogens is 242 g/mol. The lowest BCUT2D eigenvalue weighted by atomic mass is 10.0. The summed E-state index contributed by atoms with van der Waals surface area (Å²) in [6.45, 7) is 1.39. The van der Waals surface area contributed by atoms with E-state index in [0.717, 1.165) is 0 Å². The number of carbonyl (C=O) groups is 1. The van der Waals surface area contributed by atoms with Crippen LogP contribution in [0.15, 0.2) is 35.5 Å². The zero-order chi connectivity index (χ0) is 13.7. The number of benzene rings is 1. The highest BCUT2D eigenvalue weighted by molar-refractivity contribution is 6.11. The molecule has 1 saturated heterocycles. The summed E-state index contributed by atoms with van der Waals surface area (Å²) >= 11 is 0. The highest BCUT2D eigenvalue weighted by Crippen LogP contribution is 2.13. The number of allylic oxidation sites excluding steroid dienone is 1. The smallest absolute Gasteiger partial charge is 0.205 e. The van der Waals surface area contributed by atoms with Crippen molar-refractivity contribution in [1.82, 2.24) is 5.32 Å². The summed E-state index contributed by atoms with van der Waals surface area (Å²) in [5.74, 6) is -0.361. The van der Waals surface area contributed by atoms with Crippen LogP contribution >= 0.6 is 0 Å². The Morgan fingerprint density at radius 3 is 2.53 bits per heavy atom. The molecule has 1 aliphatic heterocycles. The number of hydrogen-bond donors (Lipinski definition) is 1. The quantitative estimate of drug-likeness (QED) is 0.485. The fourth-order valence-corrected chi connectivity index (χ4v) is 1.76. The van der Waals surface area contributed by atoms with Crippen molar-refractivity contribution >= 4 is 5.78 Å². The van der Waals surface area contributed by atoms with Crippen LogP contribution in [-0.2, 0) is 4.74 Å². The highest BCUT2D eigenvalue weighted by atomic mass is 16.5. The van der Waals surface area contributed by atoms with Gasteiger partial charge in [0.15, 0.2) is 0 Å². The van der Waals surface area contributed by atoms with Crippen LogP contribution in [0.4, 0.5) is 0 Å². The van der Waals surface area contributed by atoms with Gasteiger partial charge >= 0.3 is 0 Å².